The first-order valence-corrected chi connectivity index (χ1v) is 18.6. The number of ether oxygens (including phenoxy) is 2. The zero-order chi connectivity index (χ0) is 33.3. The van der Waals surface area contributed by atoms with Crippen molar-refractivity contribution in [3.8, 4) is 0 Å². The molecule has 0 saturated carbocycles. The van der Waals surface area contributed by atoms with Gasteiger partial charge in [0.2, 0.25) is 0 Å². The molecule has 0 aliphatic heterocycles. The van der Waals surface area contributed by atoms with Gasteiger partial charge in [-0.2, -0.15) is 0 Å². The van der Waals surface area contributed by atoms with E-state index >= 15 is 0 Å². The average molecular weight is 653 g/mol. The molecule has 0 fully saturated rings. The largest absolute Gasteiger partial charge is 0.469 e. The molecule has 1 unspecified atom stereocenters. The van der Waals surface area contributed by atoms with Gasteiger partial charge in [0.1, 0.15) is 6.61 Å². The van der Waals surface area contributed by atoms with Gasteiger partial charge in [0, 0.05) is 12.8 Å². The molecule has 1 atom stereocenters. The summed E-state index contributed by atoms with van der Waals surface area (Å²) in [4.78, 5) is 42.5. The Labute approximate surface area is 273 Å². The third-order valence-electron chi connectivity index (χ3n) is 6.78. The van der Waals surface area contributed by atoms with Crippen LogP contribution in [0.5, 0.6) is 0 Å². The van der Waals surface area contributed by atoms with Crippen LogP contribution in [-0.4, -0.2) is 41.0 Å². The summed E-state index contributed by atoms with van der Waals surface area (Å²) in [6.07, 6.45) is 38.2. The molecular formula is C36H61O8P. The summed E-state index contributed by atoms with van der Waals surface area (Å²) >= 11 is 0. The van der Waals surface area contributed by atoms with Crippen molar-refractivity contribution in [2.24, 2.45) is 0 Å². The quantitative estimate of drug-likeness (QED) is 0.0341. The van der Waals surface area contributed by atoms with Crippen molar-refractivity contribution in [1.29, 1.82) is 0 Å². The Morgan fingerprint density at radius 1 is 0.600 bits per heavy atom. The molecule has 0 heterocycles. The molecule has 0 amide bonds. The number of phosphoric ester groups is 1. The smallest absolute Gasteiger partial charge is 0.462 e. The van der Waals surface area contributed by atoms with Gasteiger partial charge in [-0.05, 0) is 64.2 Å². The van der Waals surface area contributed by atoms with E-state index in [0.29, 0.717) is 12.8 Å². The third-order valence-corrected chi connectivity index (χ3v) is 7.27. The topological polar surface area (TPSA) is 119 Å². The predicted molar refractivity (Wildman–Crippen MR) is 184 cm³/mol. The van der Waals surface area contributed by atoms with Gasteiger partial charge in [-0.3, -0.25) is 14.1 Å². The molecule has 0 aliphatic carbocycles. The zero-order valence-corrected chi connectivity index (χ0v) is 28.9. The fourth-order valence-electron chi connectivity index (χ4n) is 4.26. The molecule has 0 rings (SSSR count). The summed E-state index contributed by atoms with van der Waals surface area (Å²) in [6, 6.07) is 0. The molecule has 258 valence electrons. The molecule has 8 nitrogen and oxygen atoms in total. The summed E-state index contributed by atoms with van der Waals surface area (Å²) in [5.74, 6) is -0.997. The molecule has 0 saturated heterocycles. The van der Waals surface area contributed by atoms with Crippen LogP contribution >= 0.6 is 7.82 Å². The second kappa shape index (κ2) is 31.7. The minimum absolute atomic E-state index is 0.0981. The molecule has 0 bridgehead atoms. The SMILES string of the molecule is CC/C=C/C/C=C/C/C=C/CCCCCCC(=O)OCC(COP(=O)(O)O)OC(=O)CC/C=C/C/C=C/CCCCCCCC. The average Bonchev–Trinajstić information content (AvgIpc) is 3.00. The molecule has 0 aromatic heterocycles. The van der Waals surface area contributed by atoms with E-state index in [-0.39, 0.29) is 19.4 Å². The molecule has 0 radical (unpaired) electrons. The van der Waals surface area contributed by atoms with Gasteiger partial charge in [-0.1, -0.05) is 120 Å². The second-order valence-electron chi connectivity index (χ2n) is 11.1. The summed E-state index contributed by atoms with van der Waals surface area (Å²) in [6.45, 7) is 3.46. The summed E-state index contributed by atoms with van der Waals surface area (Å²) < 4.78 is 26.1. The Balaban J connectivity index is 4.15. The molecule has 0 aromatic carbocycles. The van der Waals surface area contributed by atoms with Gasteiger partial charge in [0.15, 0.2) is 6.10 Å². The van der Waals surface area contributed by atoms with Crippen LogP contribution in [0.2, 0.25) is 0 Å². The molecule has 0 aliphatic rings. The lowest BCUT2D eigenvalue weighted by molar-refractivity contribution is -0.161. The van der Waals surface area contributed by atoms with Crippen LogP contribution in [0.4, 0.5) is 0 Å². The van der Waals surface area contributed by atoms with Crippen LogP contribution < -0.4 is 0 Å². The molecule has 9 heteroatoms. The Morgan fingerprint density at radius 2 is 1.11 bits per heavy atom. The lowest BCUT2D eigenvalue weighted by Gasteiger charge is -2.18. The second-order valence-corrected chi connectivity index (χ2v) is 12.3. The maximum atomic E-state index is 12.3. The van der Waals surface area contributed by atoms with Crippen molar-refractivity contribution in [1.82, 2.24) is 0 Å². The van der Waals surface area contributed by atoms with Gasteiger partial charge < -0.3 is 19.3 Å². The minimum atomic E-state index is -4.77. The number of carbonyl (C=O) groups excluding carboxylic acids is 2. The van der Waals surface area contributed by atoms with Crippen LogP contribution in [-0.2, 0) is 28.2 Å². The molecule has 2 N–H and O–H groups in total. The number of rotatable bonds is 30. The highest BCUT2D eigenvalue weighted by Gasteiger charge is 2.22. The number of esters is 2. The van der Waals surface area contributed by atoms with Crippen LogP contribution in [0.25, 0.3) is 0 Å². The van der Waals surface area contributed by atoms with Crippen LogP contribution in [0, 0.1) is 0 Å². The number of hydrogen-bond donors (Lipinski definition) is 2. The Kier molecular flexibility index (Phi) is 30.1. The monoisotopic (exact) mass is 652 g/mol. The maximum absolute atomic E-state index is 12.3. The molecule has 0 spiro atoms. The number of hydrogen-bond acceptors (Lipinski definition) is 6. The number of unbranched alkanes of at least 4 members (excludes halogenated alkanes) is 10. The van der Waals surface area contributed by atoms with E-state index in [1.54, 1.807) is 0 Å². The van der Waals surface area contributed by atoms with Crippen LogP contribution in [0.1, 0.15) is 136 Å². The number of allylic oxidation sites excluding steroid dienone is 10. The number of phosphoric acid groups is 1. The van der Waals surface area contributed by atoms with Crippen molar-refractivity contribution in [2.45, 2.75) is 142 Å². The lowest BCUT2D eigenvalue weighted by atomic mass is 10.1. The summed E-state index contributed by atoms with van der Waals surface area (Å²) in [5, 5.41) is 0. The first-order chi connectivity index (χ1) is 21.8. The van der Waals surface area contributed by atoms with Gasteiger partial charge in [0.25, 0.3) is 0 Å². The molecule has 45 heavy (non-hydrogen) atoms. The van der Waals surface area contributed by atoms with Crippen LogP contribution in [0.3, 0.4) is 0 Å². The van der Waals surface area contributed by atoms with Gasteiger partial charge in [0.05, 0.1) is 6.61 Å². The van der Waals surface area contributed by atoms with E-state index in [0.717, 1.165) is 57.8 Å². The Bertz CT molecular complexity index is 916. The molecular weight excluding hydrogens is 591 g/mol. The van der Waals surface area contributed by atoms with E-state index in [9.17, 15) is 14.2 Å². The van der Waals surface area contributed by atoms with Gasteiger partial charge in [-0.15, -0.1) is 0 Å². The van der Waals surface area contributed by atoms with Crippen LogP contribution in [0.15, 0.2) is 60.8 Å². The van der Waals surface area contributed by atoms with Crippen molar-refractivity contribution in [3.05, 3.63) is 60.8 Å². The third kappa shape index (κ3) is 34.5. The van der Waals surface area contributed by atoms with Crippen molar-refractivity contribution >= 4 is 19.8 Å². The van der Waals surface area contributed by atoms with E-state index in [4.69, 9.17) is 19.3 Å². The normalized spacial score (nSPS) is 13.2. The zero-order valence-electron chi connectivity index (χ0n) is 28.0. The van der Waals surface area contributed by atoms with E-state index in [1.807, 2.05) is 12.2 Å². The highest BCUT2D eigenvalue weighted by molar-refractivity contribution is 7.46. The fourth-order valence-corrected chi connectivity index (χ4v) is 4.62. The van der Waals surface area contributed by atoms with Gasteiger partial charge in [-0.25, -0.2) is 4.57 Å². The highest BCUT2D eigenvalue weighted by Crippen LogP contribution is 2.35. The predicted octanol–water partition coefficient (Wildman–Crippen LogP) is 9.78. The van der Waals surface area contributed by atoms with Crippen molar-refractivity contribution < 1.29 is 37.9 Å². The standard InChI is InChI=1S/C36H61O8P/c1-3-5-7-9-11-13-15-17-19-20-22-24-26-28-30-35(37)42-32-34(33-43-45(39,40)41)44-36(38)31-29-27-25-23-21-18-16-14-12-10-8-6-4-2/h5,7,11,13,17-19,21,25,27,34H,3-4,6,8-10,12,14-16,20,22-24,26,28-33H2,1-2H3,(H2,39,40,41)/b7-5+,13-11+,19-17+,21-18+,27-25+. The summed E-state index contributed by atoms with van der Waals surface area (Å²) in [7, 11) is -4.77. The van der Waals surface area contributed by atoms with E-state index < -0.39 is 32.5 Å². The Hall–Kier alpha value is -2.25. The van der Waals surface area contributed by atoms with Crippen molar-refractivity contribution in [3.63, 3.8) is 0 Å². The first-order valence-electron chi connectivity index (χ1n) is 17.1. The lowest BCUT2D eigenvalue weighted by Crippen LogP contribution is -2.29. The maximum Gasteiger partial charge on any atom is 0.469 e. The van der Waals surface area contributed by atoms with E-state index in [2.05, 4.69) is 67.0 Å². The van der Waals surface area contributed by atoms with E-state index in [1.165, 1.54) is 38.5 Å². The van der Waals surface area contributed by atoms with Gasteiger partial charge >= 0.3 is 19.8 Å². The molecule has 0 aromatic rings. The first kappa shape index (κ1) is 42.8. The van der Waals surface area contributed by atoms with Crippen molar-refractivity contribution in [2.75, 3.05) is 13.2 Å². The number of carbonyl (C=O) groups is 2. The minimum Gasteiger partial charge on any atom is -0.462 e. The fraction of sp³-hybridized carbons (Fsp3) is 0.667. The Morgan fingerprint density at radius 3 is 1.69 bits per heavy atom. The highest BCUT2D eigenvalue weighted by atomic mass is 31.2. The summed E-state index contributed by atoms with van der Waals surface area (Å²) in [5.41, 5.74) is 0.